The molecular weight excluding hydrogens is 466 g/mol. The molecule has 0 aliphatic heterocycles. The van der Waals surface area contributed by atoms with Gasteiger partial charge < -0.3 is 15.4 Å². The third-order valence-corrected chi connectivity index (χ3v) is 5.85. The first-order chi connectivity index (χ1) is 15.5. The summed E-state index contributed by atoms with van der Waals surface area (Å²) in [5, 5.41) is 15.6. The quantitative estimate of drug-likeness (QED) is 0.304. The minimum Gasteiger partial charge on any atom is -0.497 e. The van der Waals surface area contributed by atoms with Crippen molar-refractivity contribution in [2.45, 2.75) is 4.90 Å². The number of anilines is 1. The number of thiocarbonyl (C=S) groups is 1. The van der Waals surface area contributed by atoms with Crippen molar-refractivity contribution >= 4 is 63.3 Å². The molecule has 0 spiro atoms. The largest absolute Gasteiger partial charge is 0.497 e. The van der Waals surface area contributed by atoms with Gasteiger partial charge in [0, 0.05) is 15.6 Å². The number of ether oxygens (including phenoxy) is 1. The molecule has 4 rings (SSSR count). The lowest BCUT2D eigenvalue weighted by Gasteiger charge is -2.09. The first-order valence-corrected chi connectivity index (χ1v) is 11.3. The topological polar surface area (TPSA) is 81.1 Å². The van der Waals surface area contributed by atoms with E-state index in [-0.39, 0.29) is 16.8 Å². The average molecular weight is 484 g/mol. The highest BCUT2D eigenvalue weighted by Gasteiger charge is 2.09. The van der Waals surface area contributed by atoms with Crippen LogP contribution in [-0.4, -0.2) is 38.9 Å². The van der Waals surface area contributed by atoms with Gasteiger partial charge in [-0.2, -0.15) is 4.80 Å². The van der Waals surface area contributed by atoms with Gasteiger partial charge in [-0.15, -0.1) is 22.0 Å². The van der Waals surface area contributed by atoms with E-state index in [0.717, 1.165) is 21.8 Å². The Kier molecular flexibility index (Phi) is 6.89. The summed E-state index contributed by atoms with van der Waals surface area (Å²) in [5.41, 5.74) is 2.95. The zero-order valence-corrected chi connectivity index (χ0v) is 19.3. The van der Waals surface area contributed by atoms with Crippen LogP contribution in [0.2, 0.25) is 5.02 Å². The Hall–Kier alpha value is -3.14. The Morgan fingerprint density at radius 1 is 1.06 bits per heavy atom. The summed E-state index contributed by atoms with van der Waals surface area (Å²) in [7, 11) is 1.62. The summed E-state index contributed by atoms with van der Waals surface area (Å²) < 4.78 is 5.18. The number of aromatic nitrogens is 3. The van der Waals surface area contributed by atoms with Gasteiger partial charge in [0.05, 0.1) is 18.6 Å². The van der Waals surface area contributed by atoms with E-state index in [4.69, 9.17) is 28.6 Å². The van der Waals surface area contributed by atoms with Gasteiger partial charge in [-0.25, -0.2) is 0 Å². The molecule has 0 aliphatic carbocycles. The molecule has 0 bridgehead atoms. The highest BCUT2D eigenvalue weighted by molar-refractivity contribution is 8.00. The minimum absolute atomic E-state index is 0.200. The van der Waals surface area contributed by atoms with Crippen molar-refractivity contribution in [3.63, 3.8) is 0 Å². The van der Waals surface area contributed by atoms with Crippen molar-refractivity contribution in [1.82, 2.24) is 20.3 Å². The van der Waals surface area contributed by atoms with Crippen molar-refractivity contribution in [2.75, 3.05) is 18.2 Å². The van der Waals surface area contributed by atoms with Crippen molar-refractivity contribution in [1.29, 1.82) is 0 Å². The third kappa shape index (κ3) is 5.56. The van der Waals surface area contributed by atoms with Crippen LogP contribution in [0.25, 0.3) is 16.7 Å². The predicted octanol–water partition coefficient (Wildman–Crippen LogP) is 4.69. The van der Waals surface area contributed by atoms with Crippen LogP contribution in [0.1, 0.15) is 0 Å². The smallest absolute Gasteiger partial charge is 0.236 e. The van der Waals surface area contributed by atoms with Crippen LogP contribution in [0.5, 0.6) is 5.75 Å². The van der Waals surface area contributed by atoms with Crippen molar-refractivity contribution in [3.05, 3.63) is 71.8 Å². The normalized spacial score (nSPS) is 10.7. The lowest BCUT2D eigenvalue weighted by Crippen LogP contribution is -2.35. The lowest BCUT2D eigenvalue weighted by molar-refractivity contribution is -0.117. The maximum atomic E-state index is 12.2. The molecule has 0 radical (unpaired) electrons. The Morgan fingerprint density at radius 2 is 1.78 bits per heavy atom. The van der Waals surface area contributed by atoms with Crippen LogP contribution in [0.3, 0.4) is 0 Å². The van der Waals surface area contributed by atoms with E-state index < -0.39 is 0 Å². The minimum atomic E-state index is -0.200. The van der Waals surface area contributed by atoms with Gasteiger partial charge in [-0.3, -0.25) is 4.79 Å². The number of fused-ring (bicyclic) bond motifs is 1. The zero-order valence-electron chi connectivity index (χ0n) is 16.9. The molecule has 32 heavy (non-hydrogen) atoms. The molecule has 0 unspecified atom stereocenters. The summed E-state index contributed by atoms with van der Waals surface area (Å²) in [6, 6.07) is 20.3. The Balaban J connectivity index is 1.36. The molecule has 1 amide bonds. The number of hydrogen-bond donors (Lipinski definition) is 2. The second kappa shape index (κ2) is 9.99. The molecule has 0 saturated heterocycles. The summed E-state index contributed by atoms with van der Waals surface area (Å²) in [6.07, 6.45) is 0. The molecule has 4 aromatic rings. The molecule has 7 nitrogen and oxygen atoms in total. The first kappa shape index (κ1) is 22.1. The predicted molar refractivity (Wildman–Crippen MR) is 132 cm³/mol. The molecule has 0 saturated carbocycles. The second-order valence-corrected chi connectivity index (χ2v) is 8.53. The van der Waals surface area contributed by atoms with Crippen molar-refractivity contribution < 1.29 is 9.53 Å². The number of hydrogen-bond acceptors (Lipinski definition) is 6. The monoisotopic (exact) mass is 483 g/mol. The molecular formula is C22H18ClN5O2S2. The Morgan fingerprint density at radius 3 is 2.50 bits per heavy atom. The number of halogens is 1. The maximum absolute atomic E-state index is 12.2. The second-order valence-electron chi connectivity index (χ2n) is 6.64. The van der Waals surface area contributed by atoms with Crippen molar-refractivity contribution in [2.24, 2.45) is 0 Å². The molecule has 0 aliphatic rings. The van der Waals surface area contributed by atoms with Gasteiger partial charge in [0.1, 0.15) is 16.8 Å². The number of carbonyl (C=O) groups excluding carboxylic acids is 1. The van der Waals surface area contributed by atoms with E-state index in [1.54, 1.807) is 24.0 Å². The number of nitrogens with zero attached hydrogens (tertiary/aromatic N) is 3. The number of rotatable bonds is 6. The van der Waals surface area contributed by atoms with Crippen LogP contribution >= 0.6 is 35.6 Å². The van der Waals surface area contributed by atoms with E-state index in [2.05, 4.69) is 20.8 Å². The molecule has 2 N–H and O–H groups in total. The molecule has 162 valence electrons. The number of benzene rings is 3. The Labute approximate surface area is 199 Å². The SMILES string of the molecule is COc1ccc(-n2nc3ccc(NC(=S)NC(=O)CSc4ccc(Cl)cc4)cc3n2)cc1. The molecule has 0 atom stereocenters. The highest BCUT2D eigenvalue weighted by atomic mass is 35.5. The van der Waals surface area contributed by atoms with Crippen LogP contribution in [0.15, 0.2) is 71.6 Å². The molecule has 1 heterocycles. The third-order valence-electron chi connectivity index (χ3n) is 4.38. The van der Waals surface area contributed by atoms with Crippen molar-refractivity contribution in [3.8, 4) is 11.4 Å². The van der Waals surface area contributed by atoms with E-state index in [0.29, 0.717) is 16.2 Å². The number of carbonyl (C=O) groups is 1. The zero-order chi connectivity index (χ0) is 22.5. The van der Waals surface area contributed by atoms with Gasteiger partial charge in [-0.05, 0) is 78.9 Å². The van der Waals surface area contributed by atoms with E-state index in [1.807, 2.05) is 54.6 Å². The van der Waals surface area contributed by atoms with Gasteiger partial charge in [0.15, 0.2) is 5.11 Å². The van der Waals surface area contributed by atoms with Gasteiger partial charge >= 0.3 is 0 Å². The van der Waals surface area contributed by atoms with E-state index in [9.17, 15) is 4.79 Å². The average Bonchev–Trinajstić information content (AvgIpc) is 3.22. The number of thioether (sulfide) groups is 1. The molecule has 10 heteroatoms. The van der Waals surface area contributed by atoms with Gasteiger partial charge in [0.25, 0.3) is 0 Å². The fraction of sp³-hybridized carbons (Fsp3) is 0.0909. The molecule has 1 aromatic heterocycles. The number of methoxy groups -OCH3 is 1. The number of amides is 1. The summed E-state index contributed by atoms with van der Waals surface area (Å²) in [4.78, 5) is 14.7. The van der Waals surface area contributed by atoms with Crippen LogP contribution in [0, 0.1) is 0 Å². The van der Waals surface area contributed by atoms with Gasteiger partial charge in [0.2, 0.25) is 5.91 Å². The molecule has 3 aromatic carbocycles. The highest BCUT2D eigenvalue weighted by Crippen LogP contribution is 2.21. The van der Waals surface area contributed by atoms with Crippen LogP contribution < -0.4 is 15.4 Å². The first-order valence-electron chi connectivity index (χ1n) is 9.51. The fourth-order valence-electron chi connectivity index (χ4n) is 2.83. The summed E-state index contributed by atoms with van der Waals surface area (Å²) in [5.74, 6) is 0.798. The van der Waals surface area contributed by atoms with Crippen LogP contribution in [0.4, 0.5) is 5.69 Å². The molecule has 0 fully saturated rings. The van der Waals surface area contributed by atoms with Crippen LogP contribution in [-0.2, 0) is 4.79 Å². The lowest BCUT2D eigenvalue weighted by atomic mass is 10.3. The standard InChI is InChI=1S/C22H18ClN5O2S2/c1-30-17-7-5-16(6-8-17)28-26-19-11-4-15(12-20(19)27-28)24-22(31)25-21(29)13-32-18-9-2-14(23)3-10-18/h2-12H,13H2,1H3,(H2,24,25,29,31). The van der Waals surface area contributed by atoms with E-state index in [1.165, 1.54) is 11.8 Å². The summed E-state index contributed by atoms with van der Waals surface area (Å²) >= 11 is 12.5. The fourth-order valence-corrected chi connectivity index (χ4v) is 3.88. The van der Waals surface area contributed by atoms with E-state index >= 15 is 0 Å². The maximum Gasteiger partial charge on any atom is 0.236 e. The number of nitrogens with one attached hydrogen (secondary N) is 2. The summed E-state index contributed by atoms with van der Waals surface area (Å²) in [6.45, 7) is 0. The Bertz CT molecular complexity index is 1260. The van der Waals surface area contributed by atoms with Gasteiger partial charge in [-0.1, -0.05) is 11.6 Å².